The predicted octanol–water partition coefficient (Wildman–Crippen LogP) is 4.08. The van der Waals surface area contributed by atoms with Crippen molar-refractivity contribution in [2.24, 2.45) is 0 Å². The van der Waals surface area contributed by atoms with Crippen LogP contribution in [0.25, 0.3) is 0 Å². The van der Waals surface area contributed by atoms with Gasteiger partial charge in [0, 0.05) is 0 Å². The first-order valence-corrected chi connectivity index (χ1v) is 13.0. The van der Waals surface area contributed by atoms with E-state index in [0.717, 1.165) is 12.8 Å². The zero-order valence-electron chi connectivity index (χ0n) is 12.3. The molecule has 4 nitrogen and oxygen atoms in total. The maximum atomic E-state index is 13.1. The summed E-state index contributed by atoms with van der Waals surface area (Å²) in [5, 5.41) is 4.02. The number of halogens is 4. The van der Waals surface area contributed by atoms with Gasteiger partial charge < -0.3 is 0 Å². The van der Waals surface area contributed by atoms with Gasteiger partial charge in [0.1, 0.15) is 0 Å². The summed E-state index contributed by atoms with van der Waals surface area (Å²) in [4.78, 5) is 0. The molecule has 9 heteroatoms. The summed E-state index contributed by atoms with van der Waals surface area (Å²) in [5.74, 6) is 0. The summed E-state index contributed by atoms with van der Waals surface area (Å²) in [6.45, 7) is 2.54. The van der Waals surface area contributed by atoms with Crippen molar-refractivity contribution >= 4 is 25.4 Å². The van der Waals surface area contributed by atoms with Crippen LogP contribution in [0, 0.1) is 7.14 Å². The molecule has 0 saturated carbocycles. The molecule has 0 spiro atoms. The molecular weight excluding hydrogens is 444 g/mol. The summed E-state index contributed by atoms with van der Waals surface area (Å²) in [7, 11) is -5.25. The molecule has 1 heterocycles. The van der Waals surface area contributed by atoms with Gasteiger partial charge in [0.15, 0.2) is 0 Å². The first-order chi connectivity index (χ1) is 10.8. The molecule has 1 aromatic heterocycles. The first kappa shape index (κ1) is 18.2. The Morgan fingerprint density at radius 1 is 1.17 bits per heavy atom. The number of alkyl halides is 3. The standard InChI is InChI=1S/C14H16F3IN2O2S/c1-2-3-9-20-11-13(10-19-20)18(12-7-5-4-6-8-12)23(21,22)14(15,16)17/h4-8,10-11H,2-3,9H2,1H3. The van der Waals surface area contributed by atoms with E-state index in [4.69, 9.17) is 0 Å². The number of aromatic nitrogens is 2. The molecule has 2 aromatic rings. The Kier molecular flexibility index (Phi) is 5.71. The molecule has 0 aliphatic carbocycles. The Bertz CT molecular complexity index is 745. The van der Waals surface area contributed by atoms with Crippen LogP contribution in [0.3, 0.4) is 0 Å². The third-order valence-electron chi connectivity index (χ3n) is 2.95. The van der Waals surface area contributed by atoms with Crippen LogP contribution >= 0.6 is 18.4 Å². The van der Waals surface area contributed by atoms with Crippen molar-refractivity contribution in [1.82, 2.24) is 9.78 Å². The number of hydrogen-bond donors (Lipinski definition) is 0. The summed E-state index contributed by atoms with van der Waals surface area (Å²) in [5.41, 5.74) is -5.26. The summed E-state index contributed by atoms with van der Waals surface area (Å²) < 4.78 is 65.3. The number of unbranched alkanes of at least 4 members (excludes halogenated alkanes) is 1. The average molecular weight is 460 g/mol. The van der Waals surface area contributed by atoms with E-state index in [0.29, 0.717) is 6.54 Å². The monoisotopic (exact) mass is 460 g/mol. The molecule has 23 heavy (non-hydrogen) atoms. The number of rotatable bonds is 6. The topological polar surface area (TPSA) is 52.0 Å². The second-order valence-corrected chi connectivity index (χ2v) is 15.5. The summed E-state index contributed by atoms with van der Waals surface area (Å²) in [6, 6.07) is 7.62. The fourth-order valence-electron chi connectivity index (χ4n) is 1.85. The van der Waals surface area contributed by atoms with E-state index in [9.17, 15) is 21.6 Å². The molecule has 0 aliphatic heterocycles. The fraction of sp³-hybridized carbons (Fsp3) is 0.357. The van der Waals surface area contributed by atoms with Crippen LogP contribution in [0.5, 0.6) is 0 Å². The van der Waals surface area contributed by atoms with Crippen molar-refractivity contribution in [1.29, 1.82) is 0 Å². The van der Waals surface area contributed by atoms with E-state index in [-0.39, 0.29) is 7.14 Å². The van der Waals surface area contributed by atoms with Gasteiger partial charge in [0.25, 0.3) is 0 Å². The number of aryl methyl sites for hydroxylation is 1. The molecule has 0 unspecified atom stereocenters. The van der Waals surface area contributed by atoms with E-state index < -0.39 is 31.0 Å². The number of hydrogen-bond acceptors (Lipinski definition) is 3. The Hall–Kier alpha value is -1.10. The second kappa shape index (κ2) is 7.20. The van der Waals surface area contributed by atoms with Crippen molar-refractivity contribution in [2.75, 3.05) is 0 Å². The van der Waals surface area contributed by atoms with Gasteiger partial charge in [-0.05, 0) is 0 Å². The average Bonchev–Trinajstić information content (AvgIpc) is 2.93. The van der Waals surface area contributed by atoms with Crippen LogP contribution in [0.1, 0.15) is 19.8 Å². The molecular formula is C14H16F3IN2O2S. The molecule has 0 fully saturated rings. The van der Waals surface area contributed by atoms with Crippen LogP contribution in [0.2, 0.25) is 0 Å². The van der Waals surface area contributed by atoms with E-state index >= 15 is 0 Å². The van der Waals surface area contributed by atoms with Gasteiger partial charge in [-0.15, -0.1) is 0 Å². The minimum atomic E-state index is -5.26. The van der Waals surface area contributed by atoms with Crippen molar-refractivity contribution in [2.45, 2.75) is 31.8 Å². The van der Waals surface area contributed by atoms with Crippen molar-refractivity contribution in [3.05, 3.63) is 49.9 Å². The molecule has 2 rings (SSSR count). The van der Waals surface area contributed by atoms with Gasteiger partial charge in [0.05, 0.1) is 0 Å². The van der Waals surface area contributed by atoms with E-state index in [1.807, 2.05) is 6.92 Å². The predicted molar refractivity (Wildman–Crippen MR) is 90.0 cm³/mol. The van der Waals surface area contributed by atoms with Gasteiger partial charge >= 0.3 is 138 Å². The van der Waals surface area contributed by atoms with Gasteiger partial charge in [-0.3, -0.25) is 0 Å². The van der Waals surface area contributed by atoms with E-state index in [1.165, 1.54) is 29.2 Å². The van der Waals surface area contributed by atoms with Crippen LogP contribution in [0.4, 0.5) is 13.2 Å². The van der Waals surface area contributed by atoms with Crippen molar-refractivity contribution in [3.63, 3.8) is 0 Å². The van der Waals surface area contributed by atoms with Crippen LogP contribution in [0.15, 0.2) is 42.7 Å². The Morgan fingerprint density at radius 3 is 2.39 bits per heavy atom. The normalized spacial score (nSPS) is 13.1. The Labute approximate surface area is 138 Å². The van der Waals surface area contributed by atoms with E-state index in [1.54, 1.807) is 18.2 Å². The van der Waals surface area contributed by atoms with Crippen molar-refractivity contribution in [3.8, 4) is 0 Å². The van der Waals surface area contributed by atoms with Gasteiger partial charge in [-0.25, -0.2) is 0 Å². The summed E-state index contributed by atoms with van der Waals surface area (Å²) >= 11 is -3.75. The zero-order chi connectivity index (χ0) is 17.1. The maximum absolute atomic E-state index is 13.1. The van der Waals surface area contributed by atoms with Gasteiger partial charge in [-0.1, -0.05) is 0 Å². The van der Waals surface area contributed by atoms with Gasteiger partial charge in [0.2, 0.25) is 0 Å². The fourth-order valence-corrected chi connectivity index (χ4v) is 12.0. The quantitative estimate of drug-likeness (QED) is 0.483. The number of benzene rings is 1. The van der Waals surface area contributed by atoms with Crippen molar-refractivity contribution < 1.29 is 21.6 Å². The molecule has 128 valence electrons. The third kappa shape index (κ3) is 4.06. The molecule has 0 aliphatic rings. The molecule has 0 bridgehead atoms. The number of nitrogens with zero attached hydrogens (tertiary/aromatic N) is 2. The second-order valence-electron chi connectivity index (χ2n) is 4.70. The third-order valence-corrected chi connectivity index (χ3v) is 14.8. The molecule has 0 radical (unpaired) electrons. The van der Waals surface area contributed by atoms with Crippen LogP contribution < -0.4 is 0 Å². The van der Waals surface area contributed by atoms with Crippen LogP contribution in [-0.4, -0.2) is 23.7 Å². The van der Waals surface area contributed by atoms with Gasteiger partial charge in [-0.2, -0.15) is 0 Å². The van der Waals surface area contributed by atoms with E-state index in [2.05, 4.69) is 5.10 Å². The van der Waals surface area contributed by atoms with Crippen LogP contribution in [-0.2, 0) is 13.6 Å². The zero-order valence-corrected chi connectivity index (χ0v) is 15.3. The summed E-state index contributed by atoms with van der Waals surface area (Å²) in [6.07, 6.45) is 4.44. The molecule has 0 atom stereocenters. The first-order valence-electron chi connectivity index (χ1n) is 6.86. The molecule has 0 amide bonds. The molecule has 1 aromatic carbocycles. The SMILES string of the molecule is CCCCn1cc(I(c2ccccc2)S(=O)(=O)C(F)(F)F)cn1. The minimum absolute atomic E-state index is 0.175. The molecule has 0 saturated heterocycles. The Morgan fingerprint density at radius 2 is 1.83 bits per heavy atom. The molecule has 0 N–H and O–H groups in total. The Balaban J connectivity index is 2.49.